The van der Waals surface area contributed by atoms with E-state index in [0.29, 0.717) is 25.4 Å². The highest BCUT2D eigenvalue weighted by molar-refractivity contribution is 5.89. The molecule has 1 aliphatic heterocycles. The fraction of sp³-hybridized carbons (Fsp3) is 0.455. The Morgan fingerprint density at radius 2 is 2.07 bits per heavy atom. The molecule has 2 aromatic rings. The largest absolute Gasteiger partial charge is 0.395 e. The van der Waals surface area contributed by atoms with E-state index in [1.807, 2.05) is 24.3 Å². The molecule has 1 aliphatic carbocycles. The standard InChI is InChI=1S/C22H28N4O3/c27-13-10-26(20-7-3-5-17-4-1-2-6-19(17)20)22(28)24-18-8-9-21(23-16-18)25-11-14-29-15-12-25/h1-2,4,6,8-9,16,20,27H,3,5,7,10-15H2,(H,24,28)/t20-/m1/s1. The monoisotopic (exact) mass is 396 g/mol. The predicted molar refractivity (Wildman–Crippen MR) is 112 cm³/mol. The molecule has 7 nitrogen and oxygen atoms in total. The van der Waals surface area contributed by atoms with Crippen molar-refractivity contribution in [3.63, 3.8) is 0 Å². The number of amides is 2. The molecular formula is C22H28N4O3. The molecular weight excluding hydrogens is 368 g/mol. The molecule has 1 atom stereocenters. The average molecular weight is 396 g/mol. The number of ether oxygens (including phenoxy) is 1. The van der Waals surface area contributed by atoms with Crippen molar-refractivity contribution in [1.82, 2.24) is 9.88 Å². The highest BCUT2D eigenvalue weighted by Gasteiger charge is 2.29. The number of fused-ring (bicyclic) bond motifs is 1. The molecule has 1 aromatic carbocycles. The van der Waals surface area contributed by atoms with Crippen molar-refractivity contribution in [3.05, 3.63) is 53.7 Å². The molecule has 0 spiro atoms. The Hall–Kier alpha value is -2.64. The van der Waals surface area contributed by atoms with Crippen molar-refractivity contribution in [2.45, 2.75) is 25.3 Å². The number of pyridine rings is 1. The number of rotatable bonds is 5. The highest BCUT2D eigenvalue weighted by atomic mass is 16.5. The van der Waals surface area contributed by atoms with Gasteiger partial charge in [0.05, 0.1) is 37.7 Å². The fourth-order valence-corrected chi connectivity index (χ4v) is 4.19. The van der Waals surface area contributed by atoms with Crippen LogP contribution in [-0.2, 0) is 11.2 Å². The Balaban J connectivity index is 1.47. The third-order valence-electron chi connectivity index (χ3n) is 5.65. The quantitative estimate of drug-likeness (QED) is 0.813. The number of nitrogens with zero attached hydrogens (tertiary/aromatic N) is 3. The summed E-state index contributed by atoms with van der Waals surface area (Å²) in [4.78, 5) is 21.5. The molecule has 154 valence electrons. The molecule has 2 N–H and O–H groups in total. The Morgan fingerprint density at radius 3 is 2.83 bits per heavy atom. The molecule has 2 amide bonds. The summed E-state index contributed by atoms with van der Waals surface area (Å²) in [6, 6.07) is 11.9. The van der Waals surface area contributed by atoms with E-state index in [1.54, 1.807) is 11.1 Å². The Bertz CT molecular complexity index is 821. The van der Waals surface area contributed by atoms with Gasteiger partial charge < -0.3 is 25.0 Å². The number of anilines is 2. The second kappa shape index (κ2) is 9.24. The maximum Gasteiger partial charge on any atom is 0.322 e. The van der Waals surface area contributed by atoms with Crippen LogP contribution in [0.15, 0.2) is 42.6 Å². The lowest BCUT2D eigenvalue weighted by Gasteiger charge is -2.35. The number of aryl methyl sites for hydroxylation is 1. The zero-order valence-corrected chi connectivity index (χ0v) is 16.6. The van der Waals surface area contributed by atoms with Gasteiger partial charge in [-0.3, -0.25) is 0 Å². The van der Waals surface area contributed by atoms with Crippen molar-refractivity contribution >= 4 is 17.5 Å². The third-order valence-corrected chi connectivity index (χ3v) is 5.65. The number of aliphatic hydroxyl groups excluding tert-OH is 1. The third kappa shape index (κ3) is 4.52. The van der Waals surface area contributed by atoms with Crippen molar-refractivity contribution in [2.24, 2.45) is 0 Å². The molecule has 1 fully saturated rings. The van der Waals surface area contributed by atoms with Gasteiger partial charge in [0.15, 0.2) is 0 Å². The number of aliphatic hydroxyl groups is 1. The number of nitrogens with one attached hydrogen (secondary N) is 1. The van der Waals surface area contributed by atoms with Gasteiger partial charge in [0.2, 0.25) is 0 Å². The number of carbonyl (C=O) groups excluding carboxylic acids is 1. The number of urea groups is 1. The minimum Gasteiger partial charge on any atom is -0.395 e. The zero-order chi connectivity index (χ0) is 20.1. The lowest BCUT2D eigenvalue weighted by Crippen LogP contribution is -2.41. The van der Waals surface area contributed by atoms with Gasteiger partial charge in [0, 0.05) is 19.6 Å². The molecule has 7 heteroatoms. The molecule has 2 heterocycles. The van der Waals surface area contributed by atoms with Crippen LogP contribution in [0.25, 0.3) is 0 Å². The summed E-state index contributed by atoms with van der Waals surface area (Å²) in [5, 5.41) is 12.5. The zero-order valence-electron chi connectivity index (χ0n) is 16.6. The van der Waals surface area contributed by atoms with E-state index >= 15 is 0 Å². The van der Waals surface area contributed by atoms with Crippen molar-refractivity contribution < 1.29 is 14.6 Å². The Kier molecular flexibility index (Phi) is 6.27. The first-order valence-electron chi connectivity index (χ1n) is 10.3. The van der Waals surface area contributed by atoms with Gasteiger partial charge in [-0.15, -0.1) is 0 Å². The number of hydrogen-bond donors (Lipinski definition) is 2. The lowest BCUT2D eigenvalue weighted by atomic mass is 9.87. The number of hydrogen-bond acceptors (Lipinski definition) is 5. The van der Waals surface area contributed by atoms with Crippen LogP contribution in [0.2, 0.25) is 0 Å². The van der Waals surface area contributed by atoms with Gasteiger partial charge in [0.25, 0.3) is 0 Å². The summed E-state index contributed by atoms with van der Waals surface area (Å²) >= 11 is 0. The summed E-state index contributed by atoms with van der Waals surface area (Å²) in [6.07, 6.45) is 4.66. The normalized spacial score (nSPS) is 18.8. The molecule has 1 saturated heterocycles. The Morgan fingerprint density at radius 1 is 1.24 bits per heavy atom. The minimum absolute atomic E-state index is 0.0207. The van der Waals surface area contributed by atoms with Crippen LogP contribution >= 0.6 is 0 Å². The van der Waals surface area contributed by atoms with Gasteiger partial charge in [-0.05, 0) is 42.5 Å². The average Bonchev–Trinajstić information content (AvgIpc) is 2.78. The number of aromatic nitrogens is 1. The van der Waals surface area contributed by atoms with Gasteiger partial charge >= 0.3 is 6.03 Å². The smallest absolute Gasteiger partial charge is 0.322 e. The SMILES string of the molecule is O=C(Nc1ccc(N2CCOCC2)nc1)N(CCO)[C@@H]1CCCc2ccccc21. The fourth-order valence-electron chi connectivity index (χ4n) is 4.19. The number of morpholine rings is 1. The van der Waals surface area contributed by atoms with Crippen molar-refractivity contribution in [2.75, 3.05) is 49.7 Å². The minimum atomic E-state index is -0.207. The first-order valence-corrected chi connectivity index (χ1v) is 10.3. The van der Waals surface area contributed by atoms with Gasteiger partial charge in [0.1, 0.15) is 5.82 Å². The van der Waals surface area contributed by atoms with Crippen LogP contribution in [0.1, 0.15) is 30.0 Å². The summed E-state index contributed by atoms with van der Waals surface area (Å²) in [6.45, 7) is 3.29. The van der Waals surface area contributed by atoms with Crippen LogP contribution in [0.5, 0.6) is 0 Å². The lowest BCUT2D eigenvalue weighted by molar-refractivity contribution is 0.122. The van der Waals surface area contributed by atoms with Gasteiger partial charge in [-0.2, -0.15) is 0 Å². The molecule has 0 bridgehead atoms. The maximum absolute atomic E-state index is 13.0. The van der Waals surface area contributed by atoms with Crippen LogP contribution in [0.4, 0.5) is 16.3 Å². The van der Waals surface area contributed by atoms with Crippen LogP contribution in [0.3, 0.4) is 0 Å². The van der Waals surface area contributed by atoms with Crippen molar-refractivity contribution in [3.8, 4) is 0 Å². The molecule has 0 unspecified atom stereocenters. The van der Waals surface area contributed by atoms with Crippen LogP contribution in [-0.4, -0.2) is 60.5 Å². The second-order valence-electron chi connectivity index (χ2n) is 7.46. The summed E-state index contributed by atoms with van der Waals surface area (Å²) in [5.74, 6) is 0.889. The van der Waals surface area contributed by atoms with Crippen LogP contribution in [0, 0.1) is 0 Å². The van der Waals surface area contributed by atoms with Gasteiger partial charge in [-0.25, -0.2) is 9.78 Å². The van der Waals surface area contributed by atoms with E-state index in [9.17, 15) is 9.90 Å². The molecule has 0 saturated carbocycles. The summed E-state index contributed by atoms with van der Waals surface area (Å²) in [7, 11) is 0. The molecule has 1 aromatic heterocycles. The topological polar surface area (TPSA) is 77.9 Å². The molecule has 29 heavy (non-hydrogen) atoms. The van der Waals surface area contributed by atoms with E-state index in [0.717, 1.165) is 38.2 Å². The van der Waals surface area contributed by atoms with Gasteiger partial charge in [-0.1, -0.05) is 24.3 Å². The molecule has 2 aliphatic rings. The van der Waals surface area contributed by atoms with E-state index < -0.39 is 0 Å². The van der Waals surface area contributed by atoms with Crippen LogP contribution < -0.4 is 10.2 Å². The van der Waals surface area contributed by atoms with E-state index in [4.69, 9.17) is 4.74 Å². The second-order valence-corrected chi connectivity index (χ2v) is 7.46. The first kappa shape index (κ1) is 19.7. The van der Waals surface area contributed by atoms with E-state index in [-0.39, 0.29) is 18.7 Å². The number of benzene rings is 1. The van der Waals surface area contributed by atoms with E-state index in [2.05, 4.69) is 27.3 Å². The predicted octanol–water partition coefficient (Wildman–Crippen LogP) is 2.82. The highest BCUT2D eigenvalue weighted by Crippen LogP contribution is 2.34. The molecule has 0 radical (unpaired) electrons. The maximum atomic E-state index is 13.0. The summed E-state index contributed by atoms with van der Waals surface area (Å²) in [5.41, 5.74) is 3.12. The van der Waals surface area contributed by atoms with Crippen molar-refractivity contribution in [1.29, 1.82) is 0 Å². The molecule has 4 rings (SSSR count). The number of carbonyl (C=O) groups is 1. The first-order chi connectivity index (χ1) is 14.3. The Labute approximate surface area is 171 Å². The summed E-state index contributed by atoms with van der Waals surface area (Å²) < 4.78 is 5.38. The van der Waals surface area contributed by atoms with E-state index in [1.165, 1.54) is 11.1 Å².